The standard InChI is InChI=1S/C21H33N5O3/c1-13-7-16(14-8-15(29-4)10-22-9-14)23-17-11-26(20(27)19(13)17)18-5-6-25(24-18)12-21(2,3)28/h9,13-16,19,28H,5-8,10-12H2,1-4H3. The van der Waals surface area contributed by atoms with Gasteiger partial charge in [0.2, 0.25) is 5.91 Å². The van der Waals surface area contributed by atoms with Gasteiger partial charge in [-0.15, -0.1) is 0 Å². The number of methoxy groups -OCH3 is 1. The molecule has 0 saturated carbocycles. The largest absolute Gasteiger partial charge is 0.389 e. The van der Waals surface area contributed by atoms with Crippen molar-refractivity contribution in [1.82, 2.24) is 9.91 Å². The SMILES string of the molecule is COC1CN=CC(C2CC(C)C3C(=O)N(C4=NN(CC(C)(C)O)CC4)CC3=N2)C1. The van der Waals surface area contributed by atoms with Gasteiger partial charge in [0.1, 0.15) is 5.84 Å². The third kappa shape index (κ3) is 4.23. The lowest BCUT2D eigenvalue weighted by Gasteiger charge is -2.34. The number of rotatable bonds is 4. The summed E-state index contributed by atoms with van der Waals surface area (Å²) < 4.78 is 5.51. The molecule has 4 rings (SSSR count). The number of β-amino-alcohol motifs (C(OH)–C–C–N with tert-alkyl or cyclic N) is 1. The molecule has 0 aromatic carbocycles. The van der Waals surface area contributed by atoms with Crippen LogP contribution in [-0.2, 0) is 9.53 Å². The molecule has 0 aromatic heterocycles. The maximum Gasteiger partial charge on any atom is 0.237 e. The lowest BCUT2D eigenvalue weighted by molar-refractivity contribution is -0.128. The molecule has 8 heteroatoms. The fraction of sp³-hybridized carbons (Fsp3) is 0.810. The van der Waals surface area contributed by atoms with Crippen LogP contribution in [-0.4, -0.2) is 89.7 Å². The Labute approximate surface area is 172 Å². The van der Waals surface area contributed by atoms with Gasteiger partial charge in [-0.2, -0.15) is 5.10 Å². The molecule has 0 bridgehead atoms. The number of likely N-dealkylation sites (tertiary alicyclic amines) is 1. The molecule has 0 spiro atoms. The number of ether oxygens (including phenoxy) is 1. The first kappa shape index (κ1) is 20.5. The van der Waals surface area contributed by atoms with Gasteiger partial charge in [0.15, 0.2) is 0 Å². The van der Waals surface area contributed by atoms with E-state index < -0.39 is 5.60 Å². The normalized spacial score (nSPS) is 35.1. The van der Waals surface area contributed by atoms with E-state index in [0.29, 0.717) is 13.1 Å². The van der Waals surface area contributed by atoms with Crippen LogP contribution in [0.2, 0.25) is 0 Å². The van der Waals surface area contributed by atoms with Crippen molar-refractivity contribution in [3.05, 3.63) is 0 Å². The van der Waals surface area contributed by atoms with E-state index in [1.165, 1.54) is 0 Å². The number of hydrazone groups is 1. The molecule has 160 valence electrons. The van der Waals surface area contributed by atoms with Crippen LogP contribution in [0.1, 0.15) is 40.0 Å². The Morgan fingerprint density at radius 2 is 2.14 bits per heavy atom. The first-order valence-electron chi connectivity index (χ1n) is 10.7. The number of carbonyl (C=O) groups is 1. The average molecular weight is 404 g/mol. The van der Waals surface area contributed by atoms with Gasteiger partial charge in [-0.3, -0.25) is 24.7 Å². The van der Waals surface area contributed by atoms with Crippen molar-refractivity contribution in [2.45, 2.75) is 57.8 Å². The van der Waals surface area contributed by atoms with Gasteiger partial charge in [-0.05, 0) is 32.6 Å². The highest BCUT2D eigenvalue weighted by atomic mass is 16.5. The van der Waals surface area contributed by atoms with Crippen molar-refractivity contribution >= 4 is 23.7 Å². The van der Waals surface area contributed by atoms with E-state index in [9.17, 15) is 9.90 Å². The number of amidine groups is 1. The summed E-state index contributed by atoms with van der Waals surface area (Å²) in [5.41, 5.74) is 0.186. The number of hydrogen-bond acceptors (Lipinski definition) is 7. The van der Waals surface area contributed by atoms with Crippen LogP contribution in [0.15, 0.2) is 15.1 Å². The van der Waals surface area contributed by atoms with Crippen molar-refractivity contribution in [1.29, 1.82) is 0 Å². The molecule has 5 unspecified atom stereocenters. The molecule has 1 fully saturated rings. The first-order chi connectivity index (χ1) is 13.7. The van der Waals surface area contributed by atoms with E-state index in [-0.39, 0.29) is 35.8 Å². The van der Waals surface area contributed by atoms with Crippen LogP contribution >= 0.6 is 0 Å². The van der Waals surface area contributed by atoms with Crippen LogP contribution in [0.3, 0.4) is 0 Å². The third-order valence-corrected chi connectivity index (χ3v) is 6.43. The van der Waals surface area contributed by atoms with Crippen LogP contribution in [0.25, 0.3) is 0 Å². The smallest absolute Gasteiger partial charge is 0.237 e. The maximum absolute atomic E-state index is 13.2. The van der Waals surface area contributed by atoms with Gasteiger partial charge in [0.05, 0.1) is 43.3 Å². The number of fused-ring (bicyclic) bond motifs is 1. The van der Waals surface area contributed by atoms with Gasteiger partial charge in [0, 0.05) is 37.9 Å². The molecule has 4 heterocycles. The Kier molecular flexibility index (Phi) is 5.50. The fourth-order valence-corrected chi connectivity index (χ4v) is 5.04. The minimum atomic E-state index is -0.810. The minimum Gasteiger partial charge on any atom is -0.389 e. The van der Waals surface area contributed by atoms with E-state index in [0.717, 1.165) is 43.9 Å². The second-order valence-electron chi connectivity index (χ2n) is 9.54. The Balaban J connectivity index is 1.49. The zero-order chi connectivity index (χ0) is 20.8. The van der Waals surface area contributed by atoms with Gasteiger partial charge in [-0.1, -0.05) is 6.92 Å². The predicted octanol–water partition coefficient (Wildman–Crippen LogP) is 1.19. The fourth-order valence-electron chi connectivity index (χ4n) is 5.04. The van der Waals surface area contributed by atoms with Gasteiger partial charge >= 0.3 is 0 Å². The summed E-state index contributed by atoms with van der Waals surface area (Å²) in [5, 5.41) is 16.5. The molecule has 0 radical (unpaired) electrons. The molecule has 1 N–H and O–H groups in total. The zero-order valence-corrected chi connectivity index (χ0v) is 17.9. The third-order valence-electron chi connectivity index (χ3n) is 6.43. The van der Waals surface area contributed by atoms with Gasteiger partial charge in [0.25, 0.3) is 0 Å². The van der Waals surface area contributed by atoms with Crippen LogP contribution in [0, 0.1) is 17.8 Å². The van der Waals surface area contributed by atoms with Crippen LogP contribution in [0.4, 0.5) is 0 Å². The van der Waals surface area contributed by atoms with Crippen molar-refractivity contribution in [2.24, 2.45) is 32.8 Å². The zero-order valence-electron chi connectivity index (χ0n) is 17.9. The highest BCUT2D eigenvalue weighted by Gasteiger charge is 2.47. The summed E-state index contributed by atoms with van der Waals surface area (Å²) in [6, 6.07) is 0.169. The molecule has 1 amide bonds. The van der Waals surface area contributed by atoms with E-state index in [1.54, 1.807) is 21.0 Å². The Bertz CT molecular complexity index is 741. The molecule has 4 aliphatic heterocycles. The average Bonchev–Trinajstić information content (AvgIpc) is 3.24. The molecule has 0 aromatic rings. The van der Waals surface area contributed by atoms with Crippen LogP contribution < -0.4 is 0 Å². The lowest BCUT2D eigenvalue weighted by atomic mass is 9.78. The topological polar surface area (TPSA) is 90.1 Å². The molecular weight excluding hydrogens is 370 g/mol. The lowest BCUT2D eigenvalue weighted by Crippen LogP contribution is -2.39. The number of nitrogens with zero attached hydrogens (tertiary/aromatic N) is 5. The first-order valence-corrected chi connectivity index (χ1v) is 10.7. The summed E-state index contributed by atoms with van der Waals surface area (Å²) in [4.78, 5) is 24.5. The monoisotopic (exact) mass is 403 g/mol. The number of carbonyl (C=O) groups excluding carboxylic acids is 1. The summed E-state index contributed by atoms with van der Waals surface area (Å²) >= 11 is 0. The summed E-state index contributed by atoms with van der Waals surface area (Å²) in [5.74, 6) is 1.34. The summed E-state index contributed by atoms with van der Waals surface area (Å²) in [7, 11) is 1.74. The van der Waals surface area contributed by atoms with E-state index >= 15 is 0 Å². The Morgan fingerprint density at radius 1 is 1.34 bits per heavy atom. The highest BCUT2D eigenvalue weighted by molar-refractivity contribution is 6.18. The van der Waals surface area contributed by atoms with Crippen molar-refractivity contribution in [3.8, 4) is 0 Å². The van der Waals surface area contributed by atoms with Gasteiger partial charge in [-0.25, -0.2) is 0 Å². The molecule has 4 aliphatic rings. The molecule has 8 nitrogen and oxygen atoms in total. The van der Waals surface area contributed by atoms with E-state index in [4.69, 9.17) is 9.73 Å². The summed E-state index contributed by atoms with van der Waals surface area (Å²) in [6.07, 6.45) is 4.77. The van der Waals surface area contributed by atoms with Gasteiger partial charge < -0.3 is 9.84 Å². The quantitative estimate of drug-likeness (QED) is 0.763. The minimum absolute atomic E-state index is 0.129. The Morgan fingerprint density at radius 3 is 2.86 bits per heavy atom. The molecule has 0 aliphatic carbocycles. The van der Waals surface area contributed by atoms with Crippen molar-refractivity contribution in [2.75, 3.05) is 33.3 Å². The summed E-state index contributed by atoms with van der Waals surface area (Å²) in [6.45, 7) is 8.17. The predicted molar refractivity (Wildman–Crippen MR) is 112 cm³/mol. The van der Waals surface area contributed by atoms with Crippen molar-refractivity contribution < 1.29 is 14.6 Å². The number of aliphatic hydroxyl groups is 1. The maximum atomic E-state index is 13.2. The molecule has 5 atom stereocenters. The Hall–Kier alpha value is -1.80. The number of aliphatic imine (C=N–C) groups is 2. The highest BCUT2D eigenvalue weighted by Crippen LogP contribution is 2.36. The van der Waals surface area contributed by atoms with E-state index in [2.05, 4.69) is 17.0 Å². The second-order valence-corrected chi connectivity index (χ2v) is 9.54. The van der Waals surface area contributed by atoms with E-state index in [1.807, 2.05) is 16.1 Å². The second kappa shape index (κ2) is 7.80. The number of hydrogen-bond donors (Lipinski definition) is 1. The molecule has 29 heavy (non-hydrogen) atoms. The van der Waals surface area contributed by atoms with Crippen molar-refractivity contribution in [3.63, 3.8) is 0 Å². The number of amides is 1. The van der Waals surface area contributed by atoms with Crippen LogP contribution in [0.5, 0.6) is 0 Å². The molecular formula is C21H33N5O3. The molecule has 1 saturated heterocycles.